The van der Waals surface area contributed by atoms with E-state index < -0.39 is 0 Å². The summed E-state index contributed by atoms with van der Waals surface area (Å²) in [6.07, 6.45) is 11.9. The van der Waals surface area contributed by atoms with Crippen LogP contribution in [0.3, 0.4) is 0 Å². The molecule has 1 fully saturated rings. The fraction of sp³-hybridized carbons (Fsp3) is 0.467. The minimum absolute atomic E-state index is 0.414. The van der Waals surface area contributed by atoms with Gasteiger partial charge < -0.3 is 9.73 Å². The Balaban J connectivity index is 1.97. The van der Waals surface area contributed by atoms with Crippen LogP contribution in [0.2, 0.25) is 0 Å². The Morgan fingerprint density at radius 2 is 2.47 bits per heavy atom. The zero-order valence-electron chi connectivity index (χ0n) is 11.2. The van der Waals surface area contributed by atoms with E-state index in [2.05, 4.69) is 17.2 Å². The molecule has 1 heterocycles. The molecular weight excluding hydrogens is 238 g/mol. The van der Waals surface area contributed by atoms with E-state index in [1.165, 1.54) is 12.8 Å². The van der Waals surface area contributed by atoms with E-state index in [1.807, 2.05) is 24.4 Å². The first kappa shape index (κ1) is 13.4. The monoisotopic (exact) mass is 257 g/mol. The third-order valence-electron chi connectivity index (χ3n) is 3.41. The van der Waals surface area contributed by atoms with Gasteiger partial charge in [0, 0.05) is 6.04 Å². The molecule has 1 N–H and O–H groups in total. The number of nitrogens with zero attached hydrogens (tertiary/aromatic N) is 2. The van der Waals surface area contributed by atoms with Crippen molar-refractivity contribution < 1.29 is 4.42 Å². The van der Waals surface area contributed by atoms with Crippen molar-refractivity contribution in [3.8, 4) is 6.19 Å². The molecule has 2 rings (SSSR count). The van der Waals surface area contributed by atoms with Gasteiger partial charge in [-0.2, -0.15) is 10.3 Å². The molecule has 4 heteroatoms. The smallest absolute Gasteiger partial charge is 0.207 e. The Morgan fingerprint density at radius 3 is 3.16 bits per heavy atom. The fourth-order valence-corrected chi connectivity index (χ4v) is 2.49. The topological polar surface area (TPSA) is 61.3 Å². The summed E-state index contributed by atoms with van der Waals surface area (Å²) in [5, 5.41) is 12.1. The van der Waals surface area contributed by atoms with Crippen LogP contribution in [0, 0.1) is 17.4 Å². The predicted molar refractivity (Wildman–Crippen MR) is 75.3 cm³/mol. The lowest BCUT2D eigenvalue weighted by atomic mass is 9.87. The normalized spacial score (nSPS) is 24.3. The van der Waals surface area contributed by atoms with Gasteiger partial charge in [-0.15, -0.1) is 0 Å². The maximum Gasteiger partial charge on any atom is 0.207 e. The summed E-state index contributed by atoms with van der Waals surface area (Å²) in [5.74, 6) is 2.10. The molecule has 0 radical (unpaired) electrons. The molecule has 1 aromatic rings. The van der Waals surface area contributed by atoms with E-state index in [0.717, 1.165) is 24.5 Å². The number of hydrogen-bond donors (Lipinski definition) is 1. The van der Waals surface area contributed by atoms with Crippen LogP contribution in [-0.2, 0) is 0 Å². The number of amidine groups is 1. The number of hydrogen-bond acceptors (Lipinski definition) is 3. The quantitative estimate of drug-likeness (QED) is 0.513. The third-order valence-corrected chi connectivity index (χ3v) is 3.41. The Hall–Kier alpha value is -2.02. The molecule has 0 saturated heterocycles. The van der Waals surface area contributed by atoms with Crippen LogP contribution in [-0.4, -0.2) is 11.9 Å². The summed E-state index contributed by atoms with van der Waals surface area (Å²) in [5.41, 5.74) is 0. The standard InChI is InChI=1S/C15H19N3O/c1-12-4-2-5-13(10-12)18-15(17-11-16)8-7-14-6-3-9-19-14/h3,6-9,12-13H,2,4-5,10H2,1H3,(H,17,18). The molecular formula is C15H19N3O. The first-order chi connectivity index (χ1) is 9.28. The molecule has 1 aromatic heterocycles. The molecule has 0 aromatic carbocycles. The second-order valence-electron chi connectivity index (χ2n) is 5.06. The van der Waals surface area contributed by atoms with Crippen LogP contribution in [0.4, 0.5) is 0 Å². The highest BCUT2D eigenvalue weighted by Gasteiger charge is 2.19. The molecule has 4 nitrogen and oxygen atoms in total. The number of nitrogens with one attached hydrogen (secondary N) is 1. The molecule has 0 bridgehead atoms. The molecule has 2 unspecified atom stereocenters. The summed E-state index contributed by atoms with van der Waals surface area (Å²) in [6.45, 7) is 2.27. The minimum atomic E-state index is 0.414. The molecule has 2 atom stereocenters. The zero-order valence-corrected chi connectivity index (χ0v) is 11.2. The second kappa shape index (κ2) is 6.79. The number of nitriles is 1. The Morgan fingerprint density at radius 1 is 1.58 bits per heavy atom. The lowest BCUT2D eigenvalue weighted by molar-refractivity contribution is 0.326. The minimum Gasteiger partial charge on any atom is -0.465 e. The van der Waals surface area contributed by atoms with Crippen molar-refractivity contribution in [2.75, 3.05) is 0 Å². The van der Waals surface area contributed by atoms with Gasteiger partial charge in [-0.25, -0.2) is 0 Å². The Bertz CT molecular complexity index is 482. The van der Waals surface area contributed by atoms with Crippen LogP contribution in [0.25, 0.3) is 6.08 Å². The summed E-state index contributed by atoms with van der Waals surface area (Å²) in [7, 11) is 0. The SMILES string of the molecule is CC1CCCC(NC(C=Cc2ccco2)=NC#N)C1. The maximum absolute atomic E-state index is 8.74. The molecule has 1 aliphatic carbocycles. The van der Waals surface area contributed by atoms with Crippen molar-refractivity contribution in [1.82, 2.24) is 5.32 Å². The third kappa shape index (κ3) is 4.29. The Labute approximate surface area is 113 Å². The first-order valence-electron chi connectivity index (χ1n) is 6.73. The van der Waals surface area contributed by atoms with Gasteiger partial charge in [-0.05, 0) is 43.0 Å². The summed E-state index contributed by atoms with van der Waals surface area (Å²) < 4.78 is 5.22. The van der Waals surface area contributed by atoms with E-state index in [0.29, 0.717) is 11.9 Å². The van der Waals surface area contributed by atoms with Crippen molar-refractivity contribution >= 4 is 11.9 Å². The lowest BCUT2D eigenvalue weighted by Gasteiger charge is -2.27. The van der Waals surface area contributed by atoms with Crippen molar-refractivity contribution in [2.45, 2.75) is 38.6 Å². The van der Waals surface area contributed by atoms with E-state index in [9.17, 15) is 0 Å². The molecule has 19 heavy (non-hydrogen) atoms. The summed E-state index contributed by atoms with van der Waals surface area (Å²) in [6, 6.07) is 4.11. The Kier molecular flexibility index (Phi) is 4.79. The van der Waals surface area contributed by atoms with Gasteiger partial charge in [0.25, 0.3) is 0 Å². The van der Waals surface area contributed by atoms with Gasteiger partial charge in [-0.1, -0.05) is 19.8 Å². The van der Waals surface area contributed by atoms with Crippen LogP contribution in [0.1, 0.15) is 38.4 Å². The summed E-state index contributed by atoms with van der Waals surface area (Å²) >= 11 is 0. The molecule has 100 valence electrons. The largest absolute Gasteiger partial charge is 0.465 e. The molecule has 1 aliphatic rings. The maximum atomic E-state index is 8.74. The molecule has 0 aliphatic heterocycles. The van der Waals surface area contributed by atoms with Gasteiger partial charge in [0.05, 0.1) is 6.26 Å². The van der Waals surface area contributed by atoms with Gasteiger partial charge in [0.15, 0.2) is 0 Å². The van der Waals surface area contributed by atoms with Crippen LogP contribution >= 0.6 is 0 Å². The van der Waals surface area contributed by atoms with Crippen LogP contribution < -0.4 is 5.32 Å². The van der Waals surface area contributed by atoms with Gasteiger partial charge in [0.2, 0.25) is 6.19 Å². The second-order valence-corrected chi connectivity index (χ2v) is 5.06. The number of aliphatic imine (C=N–C) groups is 1. The first-order valence-corrected chi connectivity index (χ1v) is 6.73. The van der Waals surface area contributed by atoms with Gasteiger partial charge >= 0.3 is 0 Å². The lowest BCUT2D eigenvalue weighted by Crippen LogP contribution is -2.37. The predicted octanol–water partition coefficient (Wildman–Crippen LogP) is 3.34. The average Bonchev–Trinajstić information content (AvgIpc) is 2.89. The number of rotatable bonds is 3. The van der Waals surface area contributed by atoms with E-state index in [-0.39, 0.29) is 0 Å². The highest BCUT2D eigenvalue weighted by molar-refractivity contribution is 5.96. The van der Waals surface area contributed by atoms with Gasteiger partial charge in [-0.3, -0.25) is 0 Å². The van der Waals surface area contributed by atoms with Crippen molar-refractivity contribution in [3.63, 3.8) is 0 Å². The summed E-state index contributed by atoms with van der Waals surface area (Å²) in [4.78, 5) is 3.83. The highest BCUT2D eigenvalue weighted by Crippen LogP contribution is 2.23. The molecule has 1 saturated carbocycles. The molecule has 0 spiro atoms. The van der Waals surface area contributed by atoms with E-state index in [4.69, 9.17) is 9.68 Å². The fourth-order valence-electron chi connectivity index (χ4n) is 2.49. The molecule has 0 amide bonds. The zero-order chi connectivity index (χ0) is 13.5. The average molecular weight is 257 g/mol. The van der Waals surface area contributed by atoms with Crippen LogP contribution in [0.15, 0.2) is 33.9 Å². The van der Waals surface area contributed by atoms with E-state index in [1.54, 1.807) is 12.3 Å². The van der Waals surface area contributed by atoms with E-state index >= 15 is 0 Å². The highest BCUT2D eigenvalue weighted by atomic mass is 16.3. The van der Waals surface area contributed by atoms with Crippen molar-refractivity contribution in [3.05, 3.63) is 30.2 Å². The van der Waals surface area contributed by atoms with Crippen molar-refractivity contribution in [1.29, 1.82) is 5.26 Å². The van der Waals surface area contributed by atoms with Gasteiger partial charge in [0.1, 0.15) is 11.6 Å². The van der Waals surface area contributed by atoms with Crippen molar-refractivity contribution in [2.24, 2.45) is 10.9 Å². The number of furan rings is 1. The van der Waals surface area contributed by atoms with Crippen LogP contribution in [0.5, 0.6) is 0 Å².